The van der Waals surface area contributed by atoms with Crippen LogP contribution in [-0.4, -0.2) is 35.4 Å². The van der Waals surface area contributed by atoms with Crippen LogP contribution in [0.2, 0.25) is 0 Å². The van der Waals surface area contributed by atoms with Crippen molar-refractivity contribution in [3.8, 4) is 0 Å². The smallest absolute Gasteiger partial charge is 0.320 e. The Bertz CT molecular complexity index is 115. The van der Waals surface area contributed by atoms with Gasteiger partial charge in [0.1, 0.15) is 6.04 Å². The number of carboxylic acid groups (broad SMARTS) is 1. The Morgan fingerprint density at radius 2 is 1.83 bits per heavy atom. The van der Waals surface area contributed by atoms with Gasteiger partial charge in [0.25, 0.3) is 0 Å². The van der Waals surface area contributed by atoms with E-state index in [1.54, 1.807) is 13.8 Å². The highest BCUT2D eigenvalue weighted by Gasteiger charge is 2.14. The van der Waals surface area contributed by atoms with Gasteiger partial charge in [0, 0.05) is 6.54 Å². The van der Waals surface area contributed by atoms with Crippen LogP contribution in [0.1, 0.15) is 13.8 Å². The lowest BCUT2D eigenvalue weighted by molar-refractivity contribution is -0.139. The Labute approximate surface area is 72.4 Å². The van der Waals surface area contributed by atoms with Gasteiger partial charge in [-0.25, -0.2) is 0 Å². The summed E-state index contributed by atoms with van der Waals surface area (Å²) in [6, 6.07) is -0.713. The van der Waals surface area contributed by atoms with Gasteiger partial charge in [-0.2, -0.15) is 0 Å². The highest BCUT2D eigenvalue weighted by atomic mass is 16.4. The van der Waals surface area contributed by atoms with Gasteiger partial charge in [-0.1, -0.05) is 13.8 Å². The van der Waals surface area contributed by atoms with Crippen LogP contribution < -0.4 is 11.5 Å². The summed E-state index contributed by atoms with van der Waals surface area (Å²) >= 11 is 0. The van der Waals surface area contributed by atoms with Gasteiger partial charge in [0.15, 0.2) is 0 Å². The Morgan fingerprint density at radius 3 is 1.83 bits per heavy atom. The van der Waals surface area contributed by atoms with Gasteiger partial charge in [0.05, 0.1) is 6.61 Å². The first-order valence-electron chi connectivity index (χ1n) is 3.76. The van der Waals surface area contributed by atoms with Crippen LogP contribution in [0.5, 0.6) is 0 Å². The van der Waals surface area contributed by atoms with E-state index in [0.29, 0.717) is 6.54 Å². The molecule has 0 radical (unpaired) electrons. The Kier molecular flexibility index (Phi) is 9.79. The van der Waals surface area contributed by atoms with Gasteiger partial charge in [-0.15, -0.1) is 0 Å². The molecule has 0 bridgehead atoms. The first-order valence-corrected chi connectivity index (χ1v) is 3.76. The lowest BCUT2D eigenvalue weighted by Gasteiger charge is -2.07. The zero-order valence-electron chi connectivity index (χ0n) is 7.53. The molecule has 0 aliphatic heterocycles. The van der Waals surface area contributed by atoms with Crippen molar-refractivity contribution in [2.45, 2.75) is 19.9 Å². The van der Waals surface area contributed by atoms with Crippen molar-refractivity contribution in [1.82, 2.24) is 0 Å². The van der Waals surface area contributed by atoms with Crippen LogP contribution in [-0.2, 0) is 4.79 Å². The lowest BCUT2D eigenvalue weighted by Crippen LogP contribution is -2.34. The predicted molar refractivity (Wildman–Crippen MR) is 46.6 cm³/mol. The minimum absolute atomic E-state index is 0.0208. The van der Waals surface area contributed by atoms with Gasteiger partial charge < -0.3 is 21.7 Å². The number of carboxylic acids is 1. The van der Waals surface area contributed by atoms with E-state index in [1.165, 1.54) is 0 Å². The monoisotopic (exact) mass is 178 g/mol. The second-order valence-corrected chi connectivity index (χ2v) is 2.62. The number of carbonyl (C=O) groups is 1. The van der Waals surface area contributed by atoms with E-state index in [-0.39, 0.29) is 12.5 Å². The number of nitrogens with two attached hydrogens (primary N) is 2. The average molecular weight is 178 g/mol. The molecule has 1 unspecified atom stereocenters. The molecule has 1 atom stereocenters. The summed E-state index contributed by atoms with van der Waals surface area (Å²) in [5.41, 5.74) is 9.94. The van der Waals surface area contributed by atoms with Gasteiger partial charge in [-0.3, -0.25) is 4.79 Å². The molecule has 0 aromatic heterocycles. The quantitative estimate of drug-likeness (QED) is 0.443. The zero-order valence-corrected chi connectivity index (χ0v) is 7.53. The number of aliphatic hydroxyl groups is 1. The number of aliphatic hydroxyl groups excluding tert-OH is 1. The SMILES string of the molecule is CC(C)C(N)C(=O)O.NCCO. The molecule has 0 amide bonds. The van der Waals surface area contributed by atoms with Crippen molar-refractivity contribution >= 4 is 5.97 Å². The molecule has 0 saturated heterocycles. The van der Waals surface area contributed by atoms with E-state index in [1.807, 2.05) is 0 Å². The van der Waals surface area contributed by atoms with E-state index in [2.05, 4.69) is 0 Å². The molecule has 0 aliphatic rings. The van der Waals surface area contributed by atoms with E-state index >= 15 is 0 Å². The number of rotatable bonds is 3. The zero-order chi connectivity index (χ0) is 10.1. The summed E-state index contributed by atoms with van der Waals surface area (Å²) in [5.74, 6) is -0.910. The molecule has 0 aromatic rings. The Hall–Kier alpha value is -0.650. The van der Waals surface area contributed by atoms with Crippen molar-refractivity contribution in [2.75, 3.05) is 13.2 Å². The molecule has 0 fully saturated rings. The van der Waals surface area contributed by atoms with Crippen molar-refractivity contribution in [2.24, 2.45) is 17.4 Å². The van der Waals surface area contributed by atoms with Crippen LogP contribution in [0.3, 0.4) is 0 Å². The second-order valence-electron chi connectivity index (χ2n) is 2.62. The van der Waals surface area contributed by atoms with E-state index < -0.39 is 12.0 Å². The lowest BCUT2D eigenvalue weighted by atomic mass is 10.1. The summed E-state index contributed by atoms with van der Waals surface area (Å²) in [7, 11) is 0. The van der Waals surface area contributed by atoms with Crippen molar-refractivity contribution in [3.05, 3.63) is 0 Å². The largest absolute Gasteiger partial charge is 0.480 e. The summed E-state index contributed by atoms with van der Waals surface area (Å²) in [6.07, 6.45) is 0. The van der Waals surface area contributed by atoms with Crippen molar-refractivity contribution < 1.29 is 15.0 Å². The predicted octanol–water partition coefficient (Wildman–Crippen LogP) is -1.01. The topological polar surface area (TPSA) is 110 Å². The maximum Gasteiger partial charge on any atom is 0.320 e. The fourth-order valence-corrected chi connectivity index (χ4v) is 0.285. The molecule has 12 heavy (non-hydrogen) atoms. The molecule has 5 heteroatoms. The van der Waals surface area contributed by atoms with Crippen LogP contribution >= 0.6 is 0 Å². The third-order valence-electron chi connectivity index (χ3n) is 1.13. The molecule has 0 rings (SSSR count). The molecule has 0 heterocycles. The first-order chi connectivity index (χ1) is 5.47. The normalized spacial score (nSPS) is 11.8. The van der Waals surface area contributed by atoms with Crippen molar-refractivity contribution in [1.29, 1.82) is 0 Å². The molecule has 0 saturated carbocycles. The highest BCUT2D eigenvalue weighted by molar-refractivity contribution is 5.73. The van der Waals surface area contributed by atoms with E-state index in [9.17, 15) is 4.79 Å². The Morgan fingerprint density at radius 1 is 1.50 bits per heavy atom. The molecular formula is C7H18N2O3. The van der Waals surface area contributed by atoms with Crippen LogP contribution in [0, 0.1) is 5.92 Å². The standard InChI is InChI=1S/C5H11NO2.C2H7NO/c1-3(2)4(6)5(7)8;3-1-2-4/h3-4H,6H2,1-2H3,(H,7,8);4H,1-3H2. The van der Waals surface area contributed by atoms with Crippen LogP contribution in [0.4, 0.5) is 0 Å². The summed E-state index contributed by atoms with van der Waals surface area (Å²) in [4.78, 5) is 10.0. The number of aliphatic carboxylic acids is 1. The molecule has 0 spiro atoms. The number of hydrogen-bond acceptors (Lipinski definition) is 4. The Balaban J connectivity index is 0. The first kappa shape index (κ1) is 13.9. The third-order valence-corrected chi connectivity index (χ3v) is 1.13. The maximum absolute atomic E-state index is 10.0. The molecule has 6 N–H and O–H groups in total. The fourth-order valence-electron chi connectivity index (χ4n) is 0.285. The minimum Gasteiger partial charge on any atom is -0.480 e. The maximum atomic E-state index is 10.0. The van der Waals surface area contributed by atoms with Gasteiger partial charge in [0.2, 0.25) is 0 Å². The van der Waals surface area contributed by atoms with Gasteiger partial charge in [-0.05, 0) is 5.92 Å². The number of hydrogen-bond donors (Lipinski definition) is 4. The molecular weight excluding hydrogens is 160 g/mol. The van der Waals surface area contributed by atoms with Crippen LogP contribution in [0.25, 0.3) is 0 Å². The van der Waals surface area contributed by atoms with Gasteiger partial charge >= 0.3 is 5.97 Å². The summed E-state index contributed by atoms with van der Waals surface area (Å²) < 4.78 is 0. The minimum atomic E-state index is -0.931. The van der Waals surface area contributed by atoms with E-state index in [4.69, 9.17) is 21.7 Å². The molecule has 5 nitrogen and oxygen atoms in total. The molecule has 0 aromatic carbocycles. The van der Waals surface area contributed by atoms with Crippen LogP contribution in [0.15, 0.2) is 0 Å². The summed E-state index contributed by atoms with van der Waals surface area (Å²) in [5, 5.41) is 16.0. The molecule has 74 valence electrons. The summed E-state index contributed by atoms with van der Waals surface area (Å²) in [6.45, 7) is 4.03. The van der Waals surface area contributed by atoms with Crippen molar-refractivity contribution in [3.63, 3.8) is 0 Å². The second kappa shape index (κ2) is 8.45. The molecule has 0 aliphatic carbocycles. The highest BCUT2D eigenvalue weighted by Crippen LogP contribution is 1.96. The van der Waals surface area contributed by atoms with E-state index in [0.717, 1.165) is 0 Å². The fraction of sp³-hybridized carbons (Fsp3) is 0.857. The third kappa shape index (κ3) is 9.35. The average Bonchev–Trinajstić information content (AvgIpc) is 2.03.